The molecule has 1 radical (unpaired) electrons. The van der Waals surface area contributed by atoms with Crippen molar-refractivity contribution in [2.75, 3.05) is 0 Å². The van der Waals surface area contributed by atoms with Crippen molar-refractivity contribution in [2.45, 2.75) is 6.92 Å². The van der Waals surface area contributed by atoms with Crippen LogP contribution >= 0.6 is 0 Å². The third-order valence-electron chi connectivity index (χ3n) is 5.43. The summed E-state index contributed by atoms with van der Waals surface area (Å²) >= 11 is 0. The maximum atomic E-state index is 9.13. The molecular weight excluding hydrogens is 647 g/mol. The van der Waals surface area contributed by atoms with Crippen LogP contribution in [-0.4, -0.2) is 9.97 Å². The Morgan fingerprint density at radius 3 is 2.21 bits per heavy atom. The van der Waals surface area contributed by atoms with E-state index < -0.39 is 0 Å². The molecule has 0 spiro atoms. The van der Waals surface area contributed by atoms with Crippen molar-refractivity contribution in [3.8, 4) is 45.8 Å². The quantitative estimate of drug-likeness (QED) is 0.189. The number of pyridine rings is 2. The first kappa shape index (κ1) is 27.7. The van der Waals surface area contributed by atoms with Crippen LogP contribution in [0.15, 0.2) is 97.3 Å². The fourth-order valence-corrected chi connectivity index (χ4v) is 3.56. The van der Waals surface area contributed by atoms with Gasteiger partial charge in [0.1, 0.15) is 5.69 Å². The summed E-state index contributed by atoms with van der Waals surface area (Å²) in [6.45, 7) is 8.96. The summed E-state index contributed by atoms with van der Waals surface area (Å²) in [5.41, 5.74) is 6.94. The van der Waals surface area contributed by atoms with E-state index in [0.29, 0.717) is 16.8 Å². The molecular formula is C32H19IrN5-2. The number of benzene rings is 3. The molecule has 3 aromatic carbocycles. The largest absolute Gasteiger partial charge is 0.305 e. The molecule has 5 aromatic rings. The molecule has 0 fully saturated rings. The number of aryl methyl sites for hydroxylation is 1. The SMILES string of the molecule is [C-]#[N+]c1[c-]c(-c2ccc(C)cn2)c(C#N)cc1C#N.[Ir].[c-]1ccccc1-c1cc(-c2ccccc2)ccn1. The molecule has 38 heavy (non-hydrogen) atoms. The summed E-state index contributed by atoms with van der Waals surface area (Å²) < 4.78 is 0. The molecule has 0 amide bonds. The van der Waals surface area contributed by atoms with Crippen LogP contribution in [0.3, 0.4) is 0 Å². The van der Waals surface area contributed by atoms with Crippen LogP contribution in [-0.2, 0) is 20.1 Å². The van der Waals surface area contributed by atoms with E-state index in [2.05, 4.69) is 45.1 Å². The number of nitrogens with zero attached hydrogens (tertiary/aromatic N) is 5. The molecule has 2 aromatic heterocycles. The molecule has 5 nitrogen and oxygen atoms in total. The molecule has 0 atom stereocenters. The van der Waals surface area contributed by atoms with Gasteiger partial charge in [-0.25, -0.2) is 10.5 Å². The minimum Gasteiger partial charge on any atom is -0.305 e. The van der Waals surface area contributed by atoms with Gasteiger partial charge in [-0.2, -0.15) is 0 Å². The average molecular weight is 666 g/mol. The molecule has 0 N–H and O–H groups in total. The number of rotatable bonds is 3. The Balaban J connectivity index is 0.000000205. The number of nitriles is 2. The standard InChI is InChI=1S/C17H12N.C15H7N4.Ir/c1-3-7-14(8-4-1)16-11-12-18-17(13-16)15-9-5-2-6-10-15;1-10-3-4-14(19-9-10)13-6-15(18-2)12(8-17)5-11(13)7-16;/h1-9,11-13H;3-5,9H,1H3;/q2*-1;. The molecule has 0 aliphatic heterocycles. The van der Waals surface area contributed by atoms with E-state index in [9.17, 15) is 0 Å². The normalized spacial score (nSPS) is 9.42. The van der Waals surface area contributed by atoms with Crippen molar-refractivity contribution in [1.29, 1.82) is 10.5 Å². The van der Waals surface area contributed by atoms with Crippen LogP contribution < -0.4 is 0 Å². The van der Waals surface area contributed by atoms with Crippen molar-refractivity contribution < 1.29 is 20.1 Å². The van der Waals surface area contributed by atoms with Gasteiger partial charge in [-0.3, -0.25) is 4.85 Å². The summed E-state index contributed by atoms with van der Waals surface area (Å²) in [5, 5.41) is 18.1. The first-order valence-corrected chi connectivity index (χ1v) is 11.3. The number of hydrogen-bond acceptors (Lipinski definition) is 4. The maximum Gasteiger partial charge on any atom is 0.123 e. The van der Waals surface area contributed by atoms with E-state index in [1.54, 1.807) is 12.3 Å². The van der Waals surface area contributed by atoms with Crippen molar-refractivity contribution in [3.05, 3.63) is 138 Å². The Bertz CT molecular complexity index is 1590. The van der Waals surface area contributed by atoms with Gasteiger partial charge < -0.3 is 9.97 Å². The fraction of sp³-hybridized carbons (Fsp3) is 0.0312. The third kappa shape index (κ3) is 6.64. The van der Waals surface area contributed by atoms with Gasteiger partial charge in [-0.05, 0) is 52.2 Å². The van der Waals surface area contributed by atoms with Crippen molar-refractivity contribution in [3.63, 3.8) is 0 Å². The van der Waals surface area contributed by atoms with Gasteiger partial charge in [0, 0.05) is 44.6 Å². The zero-order valence-electron chi connectivity index (χ0n) is 20.3. The molecule has 0 unspecified atom stereocenters. The zero-order chi connectivity index (χ0) is 26.0. The van der Waals surface area contributed by atoms with Crippen LogP contribution in [0.4, 0.5) is 5.69 Å². The maximum absolute atomic E-state index is 9.13. The van der Waals surface area contributed by atoms with Gasteiger partial charge in [0.25, 0.3) is 0 Å². The van der Waals surface area contributed by atoms with Crippen LogP contribution in [0.2, 0.25) is 0 Å². The monoisotopic (exact) mass is 666 g/mol. The summed E-state index contributed by atoms with van der Waals surface area (Å²) in [7, 11) is 0. The predicted octanol–water partition coefficient (Wildman–Crippen LogP) is 7.36. The van der Waals surface area contributed by atoms with Crippen LogP contribution in [0.25, 0.3) is 38.5 Å². The average Bonchev–Trinajstić information content (AvgIpc) is 2.98. The Kier molecular flexibility index (Phi) is 9.76. The molecule has 0 aliphatic rings. The Hall–Kier alpha value is -4.92. The topological polar surface area (TPSA) is 77.7 Å². The fourth-order valence-electron chi connectivity index (χ4n) is 3.56. The molecule has 2 heterocycles. The zero-order valence-corrected chi connectivity index (χ0v) is 22.7. The number of aromatic nitrogens is 2. The van der Waals surface area contributed by atoms with E-state index in [1.165, 1.54) is 17.2 Å². The Morgan fingerprint density at radius 2 is 1.58 bits per heavy atom. The minimum absolute atomic E-state index is 0. The van der Waals surface area contributed by atoms with E-state index in [0.717, 1.165) is 16.8 Å². The molecule has 0 aliphatic carbocycles. The summed E-state index contributed by atoms with van der Waals surface area (Å²) in [5.74, 6) is 0. The molecule has 0 saturated heterocycles. The van der Waals surface area contributed by atoms with Gasteiger partial charge in [0.2, 0.25) is 0 Å². The summed E-state index contributed by atoms with van der Waals surface area (Å²) in [6.07, 6.45) is 3.53. The molecule has 0 bridgehead atoms. The second kappa shape index (κ2) is 13.4. The van der Waals surface area contributed by atoms with Crippen LogP contribution in [0.1, 0.15) is 16.7 Å². The molecule has 0 saturated carbocycles. The summed E-state index contributed by atoms with van der Waals surface area (Å²) in [4.78, 5) is 11.9. The van der Waals surface area contributed by atoms with Crippen molar-refractivity contribution >= 4 is 5.69 Å². The van der Waals surface area contributed by atoms with Gasteiger partial charge in [-0.15, -0.1) is 53.6 Å². The number of hydrogen-bond donors (Lipinski definition) is 0. The smallest absolute Gasteiger partial charge is 0.123 e. The van der Waals surface area contributed by atoms with Crippen LogP contribution in [0.5, 0.6) is 0 Å². The van der Waals surface area contributed by atoms with E-state index >= 15 is 0 Å². The van der Waals surface area contributed by atoms with Crippen molar-refractivity contribution in [1.82, 2.24) is 9.97 Å². The first-order valence-electron chi connectivity index (χ1n) is 11.3. The van der Waals surface area contributed by atoms with Gasteiger partial charge in [0.05, 0.1) is 6.57 Å². The molecule has 6 heteroatoms. The van der Waals surface area contributed by atoms with Crippen LogP contribution in [0, 0.1) is 48.3 Å². The Morgan fingerprint density at radius 1 is 0.816 bits per heavy atom. The van der Waals surface area contributed by atoms with E-state index in [4.69, 9.17) is 17.1 Å². The molecule has 5 rings (SSSR count). The summed E-state index contributed by atoms with van der Waals surface area (Å²) in [6, 6.07) is 37.3. The second-order valence-electron chi connectivity index (χ2n) is 7.95. The minimum atomic E-state index is 0. The molecule has 183 valence electrons. The van der Waals surface area contributed by atoms with E-state index in [-0.39, 0.29) is 31.4 Å². The Labute approximate surface area is 235 Å². The van der Waals surface area contributed by atoms with Crippen molar-refractivity contribution in [2.24, 2.45) is 0 Å². The first-order chi connectivity index (χ1) is 18.1. The predicted molar refractivity (Wildman–Crippen MR) is 143 cm³/mol. The van der Waals surface area contributed by atoms with Gasteiger partial charge >= 0.3 is 0 Å². The van der Waals surface area contributed by atoms with E-state index in [1.807, 2.05) is 79.9 Å². The third-order valence-corrected chi connectivity index (χ3v) is 5.43. The van der Waals surface area contributed by atoms with Gasteiger partial charge in [0.15, 0.2) is 0 Å². The van der Waals surface area contributed by atoms with Gasteiger partial charge in [-0.1, -0.05) is 48.5 Å². The second-order valence-corrected chi connectivity index (χ2v) is 7.95.